The summed E-state index contributed by atoms with van der Waals surface area (Å²) in [7, 11) is 0. The lowest BCUT2D eigenvalue weighted by atomic mass is 9.85. The minimum Gasteiger partial charge on any atom is -0.348 e. The molecule has 0 aliphatic heterocycles. The lowest BCUT2D eigenvalue weighted by Gasteiger charge is -2.30. The van der Waals surface area contributed by atoms with Crippen molar-refractivity contribution < 1.29 is 18.0 Å². The molecule has 6 nitrogen and oxygen atoms in total. The van der Waals surface area contributed by atoms with Gasteiger partial charge in [-0.25, -0.2) is 15.0 Å². The van der Waals surface area contributed by atoms with Gasteiger partial charge in [0.25, 0.3) is 5.91 Å². The van der Waals surface area contributed by atoms with Gasteiger partial charge in [0.05, 0.1) is 5.92 Å². The van der Waals surface area contributed by atoms with Crippen molar-refractivity contribution in [3.8, 4) is 5.95 Å². The summed E-state index contributed by atoms with van der Waals surface area (Å²) < 4.78 is 39.6. The summed E-state index contributed by atoms with van der Waals surface area (Å²) in [5.41, 5.74) is 0.173. The third-order valence-electron chi connectivity index (χ3n) is 4.14. The predicted molar refractivity (Wildman–Crippen MR) is 78.4 cm³/mol. The Hall–Kier alpha value is -2.45. The van der Waals surface area contributed by atoms with Gasteiger partial charge in [0.15, 0.2) is 0 Å². The first-order valence-corrected chi connectivity index (χ1v) is 7.62. The van der Waals surface area contributed by atoms with Gasteiger partial charge >= 0.3 is 6.18 Å². The molecule has 3 rings (SSSR count). The van der Waals surface area contributed by atoms with Crippen LogP contribution in [0.4, 0.5) is 13.2 Å². The van der Waals surface area contributed by atoms with Crippen molar-refractivity contribution in [1.82, 2.24) is 24.8 Å². The van der Waals surface area contributed by atoms with Crippen LogP contribution in [0.2, 0.25) is 0 Å². The largest absolute Gasteiger partial charge is 0.391 e. The minimum absolute atomic E-state index is 0.0402. The van der Waals surface area contributed by atoms with E-state index in [-0.39, 0.29) is 24.6 Å². The van der Waals surface area contributed by atoms with Crippen molar-refractivity contribution in [3.63, 3.8) is 0 Å². The molecule has 24 heavy (non-hydrogen) atoms. The Morgan fingerprint density at radius 1 is 1.21 bits per heavy atom. The number of carbonyl (C=O) groups is 1. The number of halogens is 3. The van der Waals surface area contributed by atoms with Crippen LogP contribution in [0.5, 0.6) is 0 Å². The lowest BCUT2D eigenvalue weighted by Crippen LogP contribution is -2.40. The Balaban J connectivity index is 1.61. The standard InChI is InChI=1S/C15H16F3N5O/c16-15(17,18)10-1-3-11(4-2-10)21-13(24)12-5-6-20-14(22-12)23-8-7-19-9-23/h5-11H,1-4H2,(H,21,24)/t10-,11-. The second kappa shape index (κ2) is 6.58. The monoisotopic (exact) mass is 339 g/mol. The zero-order chi connectivity index (χ0) is 17.2. The Labute approximate surface area is 136 Å². The molecular weight excluding hydrogens is 323 g/mol. The van der Waals surface area contributed by atoms with E-state index >= 15 is 0 Å². The van der Waals surface area contributed by atoms with Crippen LogP contribution in [0.3, 0.4) is 0 Å². The molecule has 0 bridgehead atoms. The first-order chi connectivity index (χ1) is 11.4. The molecule has 0 saturated heterocycles. The number of alkyl halides is 3. The smallest absolute Gasteiger partial charge is 0.348 e. The molecule has 1 amide bonds. The van der Waals surface area contributed by atoms with E-state index in [1.807, 2.05) is 0 Å². The number of hydrogen-bond donors (Lipinski definition) is 1. The van der Waals surface area contributed by atoms with Gasteiger partial charge in [0, 0.05) is 24.6 Å². The molecule has 2 heterocycles. The number of aromatic nitrogens is 4. The van der Waals surface area contributed by atoms with Crippen molar-refractivity contribution in [2.75, 3.05) is 0 Å². The molecular formula is C15H16F3N5O. The molecule has 2 aromatic rings. The summed E-state index contributed by atoms with van der Waals surface area (Å²) >= 11 is 0. The van der Waals surface area contributed by atoms with Gasteiger partial charge in [-0.2, -0.15) is 13.2 Å². The highest BCUT2D eigenvalue weighted by atomic mass is 19.4. The van der Waals surface area contributed by atoms with Crippen molar-refractivity contribution >= 4 is 5.91 Å². The maximum absolute atomic E-state index is 12.7. The third kappa shape index (κ3) is 3.72. The van der Waals surface area contributed by atoms with Crippen molar-refractivity contribution in [2.45, 2.75) is 37.9 Å². The molecule has 1 aliphatic rings. The van der Waals surface area contributed by atoms with Gasteiger partial charge in [-0.15, -0.1) is 0 Å². The fourth-order valence-electron chi connectivity index (χ4n) is 2.80. The molecule has 0 spiro atoms. The van der Waals surface area contributed by atoms with Crippen LogP contribution >= 0.6 is 0 Å². The Morgan fingerprint density at radius 3 is 2.58 bits per heavy atom. The summed E-state index contributed by atoms with van der Waals surface area (Å²) in [6.45, 7) is 0. The Kier molecular flexibility index (Phi) is 4.50. The summed E-state index contributed by atoms with van der Waals surface area (Å²) in [6, 6.07) is 1.21. The van der Waals surface area contributed by atoms with Crippen LogP contribution in [-0.4, -0.2) is 37.6 Å². The van der Waals surface area contributed by atoms with Crippen LogP contribution in [0.15, 0.2) is 31.0 Å². The first kappa shape index (κ1) is 16.4. The molecule has 0 unspecified atom stereocenters. The molecule has 0 radical (unpaired) electrons. The first-order valence-electron chi connectivity index (χ1n) is 7.62. The minimum atomic E-state index is -4.15. The van der Waals surface area contributed by atoms with E-state index in [0.717, 1.165) is 0 Å². The van der Waals surface area contributed by atoms with E-state index in [1.54, 1.807) is 17.0 Å². The molecule has 1 saturated carbocycles. The zero-order valence-corrected chi connectivity index (χ0v) is 12.7. The lowest BCUT2D eigenvalue weighted by molar-refractivity contribution is -0.182. The maximum atomic E-state index is 12.7. The van der Waals surface area contributed by atoms with Crippen molar-refractivity contribution in [2.24, 2.45) is 5.92 Å². The van der Waals surface area contributed by atoms with E-state index in [9.17, 15) is 18.0 Å². The zero-order valence-electron chi connectivity index (χ0n) is 12.7. The second-order valence-corrected chi connectivity index (χ2v) is 5.78. The number of rotatable bonds is 3. The van der Waals surface area contributed by atoms with E-state index in [4.69, 9.17) is 0 Å². The van der Waals surface area contributed by atoms with Gasteiger partial charge < -0.3 is 5.32 Å². The molecule has 1 fully saturated rings. The van der Waals surface area contributed by atoms with Crippen LogP contribution < -0.4 is 5.32 Å². The number of carbonyl (C=O) groups excluding carboxylic acids is 1. The SMILES string of the molecule is O=C(N[C@H]1CC[C@H](C(F)(F)F)CC1)c1ccnc(-n2ccnc2)n1. The van der Waals surface area contributed by atoms with E-state index in [2.05, 4.69) is 20.3 Å². The van der Waals surface area contributed by atoms with Gasteiger partial charge in [-0.3, -0.25) is 9.36 Å². The molecule has 2 aromatic heterocycles. The van der Waals surface area contributed by atoms with E-state index in [1.165, 1.54) is 18.6 Å². The summed E-state index contributed by atoms with van der Waals surface area (Å²) in [4.78, 5) is 24.4. The fraction of sp³-hybridized carbons (Fsp3) is 0.467. The van der Waals surface area contributed by atoms with Gasteiger partial charge in [0.1, 0.15) is 12.0 Å². The third-order valence-corrected chi connectivity index (χ3v) is 4.14. The summed E-state index contributed by atoms with van der Waals surface area (Å²) in [5, 5.41) is 2.76. The Morgan fingerprint density at radius 2 is 1.96 bits per heavy atom. The maximum Gasteiger partial charge on any atom is 0.391 e. The molecule has 128 valence electrons. The quantitative estimate of drug-likeness (QED) is 0.933. The van der Waals surface area contributed by atoms with Gasteiger partial charge in [0.2, 0.25) is 5.95 Å². The number of amides is 1. The molecule has 1 N–H and O–H groups in total. The second-order valence-electron chi connectivity index (χ2n) is 5.78. The number of nitrogens with one attached hydrogen (secondary N) is 1. The number of imidazole rings is 1. The van der Waals surface area contributed by atoms with Crippen molar-refractivity contribution in [3.05, 3.63) is 36.7 Å². The average Bonchev–Trinajstić information content (AvgIpc) is 3.09. The molecule has 0 aromatic carbocycles. The topological polar surface area (TPSA) is 72.7 Å². The van der Waals surface area contributed by atoms with Gasteiger partial charge in [-0.1, -0.05) is 0 Å². The van der Waals surface area contributed by atoms with E-state index in [0.29, 0.717) is 18.8 Å². The molecule has 1 aliphatic carbocycles. The fourth-order valence-corrected chi connectivity index (χ4v) is 2.80. The van der Waals surface area contributed by atoms with Gasteiger partial charge in [-0.05, 0) is 31.7 Å². The summed E-state index contributed by atoms with van der Waals surface area (Å²) in [5.74, 6) is -1.37. The van der Waals surface area contributed by atoms with E-state index < -0.39 is 18.0 Å². The predicted octanol–water partition coefficient (Wildman–Crippen LogP) is 2.51. The van der Waals surface area contributed by atoms with Crippen LogP contribution in [-0.2, 0) is 0 Å². The van der Waals surface area contributed by atoms with Crippen molar-refractivity contribution in [1.29, 1.82) is 0 Å². The molecule has 9 heteroatoms. The highest BCUT2D eigenvalue weighted by Crippen LogP contribution is 2.37. The normalized spacial score (nSPS) is 21.5. The molecule has 0 atom stereocenters. The highest BCUT2D eigenvalue weighted by molar-refractivity contribution is 5.92. The Bertz CT molecular complexity index is 693. The average molecular weight is 339 g/mol. The number of hydrogen-bond acceptors (Lipinski definition) is 4. The van der Waals surface area contributed by atoms with Crippen LogP contribution in [0.25, 0.3) is 5.95 Å². The highest BCUT2D eigenvalue weighted by Gasteiger charge is 2.41. The van der Waals surface area contributed by atoms with Crippen LogP contribution in [0, 0.1) is 5.92 Å². The van der Waals surface area contributed by atoms with Crippen LogP contribution in [0.1, 0.15) is 36.2 Å². The number of nitrogens with zero attached hydrogens (tertiary/aromatic N) is 4. The summed E-state index contributed by atoms with van der Waals surface area (Å²) in [6.07, 6.45) is 2.74.